The summed E-state index contributed by atoms with van der Waals surface area (Å²) in [6.07, 6.45) is 0. The van der Waals surface area contributed by atoms with E-state index < -0.39 is 0 Å². The number of carbonyl (C=O) groups is 1. The van der Waals surface area contributed by atoms with Crippen LogP contribution in [0.4, 0.5) is 10.5 Å². The van der Waals surface area contributed by atoms with Crippen molar-refractivity contribution in [2.75, 3.05) is 19.4 Å². The molecule has 2 amide bonds. The van der Waals surface area contributed by atoms with Crippen molar-refractivity contribution in [3.05, 3.63) is 65.7 Å². The second-order valence-corrected chi connectivity index (χ2v) is 5.23. The molecule has 0 saturated carbocycles. The van der Waals surface area contributed by atoms with Gasteiger partial charge in [0.05, 0.1) is 0 Å². The van der Waals surface area contributed by atoms with Crippen LogP contribution in [0.3, 0.4) is 0 Å². The predicted molar refractivity (Wildman–Crippen MR) is 86.1 cm³/mol. The monoisotopic (exact) mass is 283 g/mol. The molecule has 2 N–H and O–H groups in total. The zero-order chi connectivity index (χ0) is 15.1. The largest absolute Gasteiger partial charge is 0.334 e. The highest BCUT2D eigenvalue weighted by Crippen LogP contribution is 2.07. The summed E-state index contributed by atoms with van der Waals surface area (Å²) in [7, 11) is 4.09. The summed E-state index contributed by atoms with van der Waals surface area (Å²) in [5.41, 5.74) is 3.13. The Morgan fingerprint density at radius 3 is 2.19 bits per heavy atom. The SMILES string of the molecule is CN(C)Cc1ccc(CNC(=O)Nc2ccccc2)cc1. The lowest BCUT2D eigenvalue weighted by Crippen LogP contribution is -2.28. The Hall–Kier alpha value is -2.33. The van der Waals surface area contributed by atoms with Crippen LogP contribution in [0.15, 0.2) is 54.6 Å². The lowest BCUT2D eigenvalue weighted by molar-refractivity contribution is 0.251. The number of urea groups is 1. The summed E-state index contributed by atoms with van der Waals surface area (Å²) in [6, 6.07) is 17.5. The lowest BCUT2D eigenvalue weighted by Gasteiger charge is -2.11. The Balaban J connectivity index is 1.81. The van der Waals surface area contributed by atoms with Gasteiger partial charge in [-0.3, -0.25) is 0 Å². The summed E-state index contributed by atoms with van der Waals surface area (Å²) in [5, 5.41) is 5.64. The predicted octanol–water partition coefficient (Wildman–Crippen LogP) is 3.07. The Morgan fingerprint density at radius 2 is 1.57 bits per heavy atom. The number of carbonyl (C=O) groups excluding carboxylic acids is 1. The molecule has 2 rings (SSSR count). The minimum absolute atomic E-state index is 0.196. The second-order valence-electron chi connectivity index (χ2n) is 5.23. The van der Waals surface area contributed by atoms with Crippen LogP contribution in [-0.4, -0.2) is 25.0 Å². The molecule has 2 aromatic carbocycles. The Kier molecular flexibility index (Phi) is 5.35. The van der Waals surface area contributed by atoms with E-state index in [0.717, 1.165) is 17.8 Å². The molecular formula is C17H21N3O. The van der Waals surface area contributed by atoms with E-state index in [1.54, 1.807) is 0 Å². The normalized spacial score (nSPS) is 10.4. The summed E-state index contributed by atoms with van der Waals surface area (Å²) >= 11 is 0. The number of anilines is 1. The van der Waals surface area contributed by atoms with E-state index in [0.29, 0.717) is 6.54 Å². The third-order valence-corrected chi connectivity index (χ3v) is 3.01. The zero-order valence-electron chi connectivity index (χ0n) is 12.5. The number of hydrogen-bond acceptors (Lipinski definition) is 2. The molecule has 110 valence electrons. The van der Waals surface area contributed by atoms with E-state index in [1.807, 2.05) is 56.6 Å². The van der Waals surface area contributed by atoms with E-state index in [2.05, 4.69) is 27.7 Å². The summed E-state index contributed by atoms with van der Waals surface area (Å²) in [6.45, 7) is 1.43. The molecule has 0 saturated heterocycles. The van der Waals surface area contributed by atoms with Crippen LogP contribution in [0.1, 0.15) is 11.1 Å². The van der Waals surface area contributed by atoms with Gasteiger partial charge in [-0.05, 0) is 37.4 Å². The first-order valence-corrected chi connectivity index (χ1v) is 6.96. The van der Waals surface area contributed by atoms with Crippen LogP contribution in [0.5, 0.6) is 0 Å². The second kappa shape index (κ2) is 7.45. The summed E-state index contributed by atoms with van der Waals surface area (Å²) in [5.74, 6) is 0. The molecule has 0 aliphatic rings. The molecule has 21 heavy (non-hydrogen) atoms. The van der Waals surface area contributed by atoms with Gasteiger partial charge in [0.2, 0.25) is 0 Å². The van der Waals surface area contributed by atoms with Crippen LogP contribution in [0.25, 0.3) is 0 Å². The molecule has 0 atom stereocenters. The van der Waals surface area contributed by atoms with Gasteiger partial charge in [-0.1, -0.05) is 42.5 Å². The third kappa shape index (κ3) is 5.28. The first kappa shape index (κ1) is 15.1. The fourth-order valence-electron chi connectivity index (χ4n) is 2.01. The Bertz CT molecular complexity index is 564. The van der Waals surface area contributed by atoms with Crippen molar-refractivity contribution in [1.29, 1.82) is 0 Å². The van der Waals surface area contributed by atoms with Gasteiger partial charge in [-0.15, -0.1) is 0 Å². The average molecular weight is 283 g/mol. The number of para-hydroxylation sites is 1. The van der Waals surface area contributed by atoms with E-state index in [-0.39, 0.29) is 6.03 Å². The molecule has 0 spiro atoms. The minimum atomic E-state index is -0.196. The van der Waals surface area contributed by atoms with Crippen molar-refractivity contribution in [2.45, 2.75) is 13.1 Å². The number of benzene rings is 2. The van der Waals surface area contributed by atoms with E-state index in [1.165, 1.54) is 5.56 Å². The molecule has 0 aliphatic heterocycles. The summed E-state index contributed by atoms with van der Waals surface area (Å²) in [4.78, 5) is 13.9. The van der Waals surface area contributed by atoms with Crippen molar-refractivity contribution >= 4 is 11.7 Å². The van der Waals surface area contributed by atoms with Gasteiger partial charge in [0.15, 0.2) is 0 Å². The number of nitrogens with one attached hydrogen (secondary N) is 2. The van der Waals surface area contributed by atoms with E-state index in [9.17, 15) is 4.79 Å². The quantitative estimate of drug-likeness (QED) is 0.885. The van der Waals surface area contributed by atoms with Gasteiger partial charge in [0.1, 0.15) is 0 Å². The number of rotatable bonds is 5. The number of amides is 2. The smallest absolute Gasteiger partial charge is 0.319 e. The lowest BCUT2D eigenvalue weighted by atomic mass is 10.1. The first-order chi connectivity index (χ1) is 10.1. The maximum Gasteiger partial charge on any atom is 0.319 e. The molecule has 0 unspecified atom stereocenters. The van der Waals surface area contributed by atoms with Crippen molar-refractivity contribution in [2.24, 2.45) is 0 Å². The van der Waals surface area contributed by atoms with Crippen LogP contribution >= 0.6 is 0 Å². The molecule has 0 heterocycles. The molecule has 4 heteroatoms. The Labute approximate surface area is 125 Å². The fourth-order valence-corrected chi connectivity index (χ4v) is 2.01. The average Bonchev–Trinajstić information content (AvgIpc) is 2.47. The maximum atomic E-state index is 11.8. The Morgan fingerprint density at radius 1 is 0.952 bits per heavy atom. The van der Waals surface area contributed by atoms with E-state index in [4.69, 9.17) is 0 Å². The summed E-state index contributed by atoms with van der Waals surface area (Å²) < 4.78 is 0. The maximum absolute atomic E-state index is 11.8. The zero-order valence-corrected chi connectivity index (χ0v) is 12.5. The molecule has 0 radical (unpaired) electrons. The van der Waals surface area contributed by atoms with Gasteiger partial charge in [-0.2, -0.15) is 0 Å². The van der Waals surface area contributed by atoms with E-state index >= 15 is 0 Å². The molecule has 0 aliphatic carbocycles. The first-order valence-electron chi connectivity index (χ1n) is 6.96. The highest BCUT2D eigenvalue weighted by atomic mass is 16.2. The van der Waals surface area contributed by atoms with Crippen LogP contribution < -0.4 is 10.6 Å². The van der Waals surface area contributed by atoms with Crippen LogP contribution in [-0.2, 0) is 13.1 Å². The molecule has 0 aromatic heterocycles. The molecular weight excluding hydrogens is 262 g/mol. The molecule has 0 fully saturated rings. The van der Waals surface area contributed by atoms with Crippen molar-refractivity contribution in [1.82, 2.24) is 10.2 Å². The highest BCUT2D eigenvalue weighted by Gasteiger charge is 2.01. The van der Waals surface area contributed by atoms with Crippen molar-refractivity contribution < 1.29 is 4.79 Å². The topological polar surface area (TPSA) is 44.4 Å². The fraction of sp³-hybridized carbons (Fsp3) is 0.235. The molecule has 2 aromatic rings. The third-order valence-electron chi connectivity index (χ3n) is 3.01. The molecule has 0 bridgehead atoms. The number of hydrogen-bond donors (Lipinski definition) is 2. The van der Waals surface area contributed by atoms with Crippen molar-refractivity contribution in [3.8, 4) is 0 Å². The standard InChI is InChI=1S/C17H21N3O/c1-20(2)13-15-10-8-14(9-11-15)12-18-17(21)19-16-6-4-3-5-7-16/h3-11H,12-13H2,1-2H3,(H2,18,19,21). The minimum Gasteiger partial charge on any atom is -0.334 e. The van der Waals surface area contributed by atoms with Gasteiger partial charge in [0.25, 0.3) is 0 Å². The number of nitrogens with zero attached hydrogens (tertiary/aromatic N) is 1. The highest BCUT2D eigenvalue weighted by molar-refractivity contribution is 5.89. The van der Waals surface area contributed by atoms with Crippen LogP contribution in [0.2, 0.25) is 0 Å². The van der Waals surface area contributed by atoms with Gasteiger partial charge in [0, 0.05) is 18.8 Å². The molecule has 4 nitrogen and oxygen atoms in total. The van der Waals surface area contributed by atoms with Gasteiger partial charge >= 0.3 is 6.03 Å². The van der Waals surface area contributed by atoms with Crippen molar-refractivity contribution in [3.63, 3.8) is 0 Å². The van der Waals surface area contributed by atoms with Gasteiger partial charge < -0.3 is 15.5 Å². The van der Waals surface area contributed by atoms with Crippen LogP contribution in [0, 0.1) is 0 Å². The van der Waals surface area contributed by atoms with Gasteiger partial charge in [-0.25, -0.2) is 4.79 Å².